The highest BCUT2D eigenvalue weighted by Gasteiger charge is 2.50. The molecule has 3 aliphatic rings. The zero-order chi connectivity index (χ0) is 16.0. The molecule has 0 spiro atoms. The molecule has 0 radical (unpaired) electrons. The molecule has 2 bridgehead atoms. The van der Waals surface area contributed by atoms with Crippen LogP contribution in [0.1, 0.15) is 43.6 Å². The predicted molar refractivity (Wildman–Crippen MR) is 92.7 cm³/mol. The fraction of sp³-hybridized carbons (Fsp3) is 0.632. The Hall–Kier alpha value is -1.06. The van der Waals surface area contributed by atoms with Gasteiger partial charge in [-0.05, 0) is 62.8 Å². The van der Waals surface area contributed by atoms with Gasteiger partial charge in [0, 0.05) is 30.2 Å². The first-order chi connectivity index (χ1) is 11.1. The van der Waals surface area contributed by atoms with Gasteiger partial charge in [0.15, 0.2) is 0 Å². The van der Waals surface area contributed by atoms with Gasteiger partial charge in [-0.25, -0.2) is 0 Å². The van der Waals surface area contributed by atoms with Crippen molar-refractivity contribution in [3.8, 4) is 0 Å². The maximum atomic E-state index is 13.3. The minimum Gasteiger partial charge on any atom is -0.342 e. The van der Waals surface area contributed by atoms with E-state index >= 15 is 0 Å². The average Bonchev–Trinajstić information content (AvgIpc) is 3.15. The van der Waals surface area contributed by atoms with Crippen LogP contribution in [0, 0.1) is 5.92 Å². The second-order valence-electron chi connectivity index (χ2n) is 7.42. The molecule has 0 saturated carbocycles. The normalized spacial score (nSPS) is 34.1. The third-order valence-electron chi connectivity index (χ3n) is 6.27. The molecule has 4 rings (SSSR count). The zero-order valence-electron chi connectivity index (χ0n) is 13.7. The lowest BCUT2D eigenvalue weighted by molar-refractivity contribution is -0.139. The van der Waals surface area contributed by atoms with Gasteiger partial charge in [0.05, 0.1) is 5.92 Å². The molecular formula is C19H25ClN2O. The Labute approximate surface area is 143 Å². The number of rotatable bonds is 2. The quantitative estimate of drug-likeness (QED) is 0.827. The monoisotopic (exact) mass is 332 g/mol. The Bertz CT molecular complexity index is 582. The first kappa shape index (κ1) is 15.5. The minimum atomic E-state index is 0.109. The van der Waals surface area contributed by atoms with Crippen LogP contribution in [0.4, 0.5) is 0 Å². The van der Waals surface area contributed by atoms with Crippen molar-refractivity contribution >= 4 is 17.5 Å². The van der Waals surface area contributed by atoms with E-state index in [1.54, 1.807) is 0 Å². The van der Waals surface area contributed by atoms with Gasteiger partial charge < -0.3 is 4.90 Å². The van der Waals surface area contributed by atoms with Gasteiger partial charge >= 0.3 is 0 Å². The molecule has 23 heavy (non-hydrogen) atoms. The summed E-state index contributed by atoms with van der Waals surface area (Å²) < 4.78 is 0. The van der Waals surface area contributed by atoms with E-state index < -0.39 is 0 Å². The van der Waals surface area contributed by atoms with Crippen molar-refractivity contribution < 1.29 is 4.79 Å². The summed E-state index contributed by atoms with van der Waals surface area (Å²) in [4.78, 5) is 17.8. The van der Waals surface area contributed by atoms with Gasteiger partial charge in [-0.15, -0.1) is 0 Å². The molecule has 3 nitrogen and oxygen atoms in total. The molecule has 3 aliphatic heterocycles. The number of hydrogen-bond donors (Lipinski definition) is 0. The highest BCUT2D eigenvalue weighted by atomic mass is 35.5. The number of carbonyl (C=O) groups excluding carboxylic acids is 1. The largest absolute Gasteiger partial charge is 0.342 e. The second-order valence-corrected chi connectivity index (χ2v) is 7.85. The number of amides is 1. The van der Waals surface area contributed by atoms with E-state index in [2.05, 4.69) is 29.0 Å². The Balaban J connectivity index is 1.67. The Morgan fingerprint density at radius 3 is 2.52 bits per heavy atom. The van der Waals surface area contributed by atoms with Gasteiger partial charge in [-0.2, -0.15) is 0 Å². The first-order valence-corrected chi connectivity index (χ1v) is 9.29. The van der Waals surface area contributed by atoms with Crippen LogP contribution < -0.4 is 0 Å². The molecule has 1 amide bonds. The Morgan fingerprint density at radius 1 is 1.13 bits per heavy atom. The number of fused-ring (bicyclic) bond motifs is 2. The fourth-order valence-corrected chi connectivity index (χ4v) is 5.13. The van der Waals surface area contributed by atoms with Crippen molar-refractivity contribution in [1.82, 2.24) is 9.80 Å². The fourth-order valence-electron chi connectivity index (χ4n) is 5.00. The number of benzene rings is 1. The molecule has 0 aromatic heterocycles. The minimum absolute atomic E-state index is 0.109. The summed E-state index contributed by atoms with van der Waals surface area (Å²) in [5.74, 6) is 0.840. The van der Waals surface area contributed by atoms with Gasteiger partial charge in [-0.1, -0.05) is 23.7 Å². The molecule has 124 valence electrons. The molecule has 3 saturated heterocycles. The van der Waals surface area contributed by atoms with Crippen LogP contribution in [0.25, 0.3) is 0 Å². The lowest BCUT2D eigenvalue weighted by Crippen LogP contribution is -2.52. The molecule has 4 heteroatoms. The summed E-state index contributed by atoms with van der Waals surface area (Å²) >= 11 is 6.06. The lowest BCUT2D eigenvalue weighted by Gasteiger charge is -2.43. The van der Waals surface area contributed by atoms with E-state index in [9.17, 15) is 4.79 Å². The molecule has 3 heterocycles. The second kappa shape index (κ2) is 6.10. The molecule has 1 aromatic rings. The topological polar surface area (TPSA) is 23.6 Å². The molecule has 3 fully saturated rings. The van der Waals surface area contributed by atoms with Gasteiger partial charge in [0.1, 0.15) is 0 Å². The SMILES string of the molecule is CN1[C@H]2CC[C@@H]1[C@@H](C(=O)N1CCCC1)[C@@H](c1ccc(Cl)cc1)C2. The van der Waals surface area contributed by atoms with E-state index in [-0.39, 0.29) is 5.92 Å². The molecule has 0 unspecified atom stereocenters. The maximum Gasteiger partial charge on any atom is 0.227 e. The van der Waals surface area contributed by atoms with Gasteiger partial charge in [0.2, 0.25) is 5.91 Å². The number of likely N-dealkylation sites (tertiary alicyclic amines) is 1. The lowest BCUT2D eigenvalue weighted by atomic mass is 9.75. The van der Waals surface area contributed by atoms with Crippen molar-refractivity contribution in [1.29, 1.82) is 0 Å². The van der Waals surface area contributed by atoms with Crippen LogP contribution in [-0.2, 0) is 4.79 Å². The van der Waals surface area contributed by atoms with E-state index in [1.165, 1.54) is 12.0 Å². The van der Waals surface area contributed by atoms with E-state index in [1.807, 2.05) is 12.1 Å². The molecule has 4 atom stereocenters. The van der Waals surface area contributed by atoms with Crippen molar-refractivity contribution in [3.63, 3.8) is 0 Å². The third-order valence-corrected chi connectivity index (χ3v) is 6.52. The van der Waals surface area contributed by atoms with Crippen LogP contribution in [0.2, 0.25) is 5.02 Å². The standard InChI is InChI=1S/C19H25ClN2O/c1-21-15-8-9-17(21)18(19(23)22-10-2-3-11-22)16(12-15)13-4-6-14(20)7-5-13/h4-7,15-18H,2-3,8-12H2,1H3/t15-,16+,17+,18-/m0/s1. The smallest absolute Gasteiger partial charge is 0.227 e. The molecule has 0 N–H and O–H groups in total. The summed E-state index contributed by atoms with van der Waals surface area (Å²) in [6.45, 7) is 1.89. The predicted octanol–water partition coefficient (Wildman–Crippen LogP) is 3.53. The van der Waals surface area contributed by atoms with Gasteiger partial charge in [-0.3, -0.25) is 9.69 Å². The first-order valence-electron chi connectivity index (χ1n) is 8.91. The summed E-state index contributed by atoms with van der Waals surface area (Å²) in [5.41, 5.74) is 1.29. The molecule has 1 aromatic carbocycles. The summed E-state index contributed by atoms with van der Waals surface area (Å²) in [5, 5.41) is 0.770. The summed E-state index contributed by atoms with van der Waals surface area (Å²) in [6.07, 6.45) is 5.81. The number of nitrogens with zero attached hydrogens (tertiary/aromatic N) is 2. The van der Waals surface area contributed by atoms with Crippen molar-refractivity contribution in [2.75, 3.05) is 20.1 Å². The molecular weight excluding hydrogens is 308 g/mol. The van der Waals surface area contributed by atoms with Crippen LogP contribution in [0.15, 0.2) is 24.3 Å². The highest BCUT2D eigenvalue weighted by Crippen LogP contribution is 2.47. The highest BCUT2D eigenvalue weighted by molar-refractivity contribution is 6.30. The number of halogens is 1. The summed E-state index contributed by atoms with van der Waals surface area (Å²) in [6, 6.07) is 9.22. The molecule has 0 aliphatic carbocycles. The Morgan fingerprint density at radius 2 is 1.83 bits per heavy atom. The summed E-state index contributed by atoms with van der Waals surface area (Å²) in [7, 11) is 2.21. The van der Waals surface area contributed by atoms with Crippen LogP contribution in [0.5, 0.6) is 0 Å². The van der Waals surface area contributed by atoms with E-state index in [0.717, 1.165) is 43.8 Å². The maximum absolute atomic E-state index is 13.3. The number of carbonyl (C=O) groups is 1. The van der Waals surface area contributed by atoms with E-state index in [4.69, 9.17) is 11.6 Å². The van der Waals surface area contributed by atoms with Crippen LogP contribution >= 0.6 is 11.6 Å². The third kappa shape index (κ3) is 2.68. The Kier molecular flexibility index (Phi) is 4.10. The van der Waals surface area contributed by atoms with Crippen molar-refractivity contribution in [3.05, 3.63) is 34.9 Å². The van der Waals surface area contributed by atoms with Crippen molar-refractivity contribution in [2.24, 2.45) is 5.92 Å². The number of piperidine rings is 1. The van der Waals surface area contributed by atoms with E-state index in [0.29, 0.717) is 23.9 Å². The van der Waals surface area contributed by atoms with Gasteiger partial charge in [0.25, 0.3) is 0 Å². The van der Waals surface area contributed by atoms with Crippen LogP contribution in [-0.4, -0.2) is 47.9 Å². The van der Waals surface area contributed by atoms with Crippen LogP contribution in [0.3, 0.4) is 0 Å². The zero-order valence-corrected chi connectivity index (χ0v) is 14.5. The number of hydrogen-bond acceptors (Lipinski definition) is 2. The van der Waals surface area contributed by atoms with Crippen molar-refractivity contribution in [2.45, 2.75) is 50.1 Å². The average molecular weight is 333 g/mol.